The molecule has 0 unspecified atom stereocenters. The zero-order chi connectivity index (χ0) is 24.7. The number of Topliss-reactive ketones (excluding diaryl/α,β-unsaturated/α-hetero) is 1. The molecule has 0 bridgehead atoms. The van der Waals surface area contributed by atoms with Gasteiger partial charge in [-0.15, -0.1) is 0 Å². The lowest BCUT2D eigenvalue weighted by atomic mass is 9.80. The number of carbonyl (C=O) groups excluding carboxylic acids is 2. The minimum atomic E-state index is -0.684. The molecule has 1 aliphatic heterocycles. The van der Waals surface area contributed by atoms with Crippen molar-refractivity contribution in [1.82, 2.24) is 5.32 Å². The SMILES string of the molecule is COC(=O)C1=C(C)NC2=C(C(=O)c3ccccc32)[C@H]1c1ccc(OCc2ccccc2F)c(Cl)c1. The van der Waals surface area contributed by atoms with E-state index >= 15 is 0 Å². The minimum absolute atomic E-state index is 0.00854. The van der Waals surface area contributed by atoms with Gasteiger partial charge in [-0.3, -0.25) is 4.79 Å². The molecule has 7 heteroatoms. The Morgan fingerprint density at radius 1 is 1.06 bits per heavy atom. The number of carbonyl (C=O) groups is 2. The number of benzene rings is 3. The Morgan fingerprint density at radius 2 is 1.77 bits per heavy atom. The molecule has 2 aliphatic rings. The summed E-state index contributed by atoms with van der Waals surface area (Å²) in [6.45, 7) is 1.79. The van der Waals surface area contributed by atoms with Gasteiger partial charge in [-0.25, -0.2) is 9.18 Å². The van der Waals surface area contributed by atoms with E-state index in [0.29, 0.717) is 45.0 Å². The lowest BCUT2D eigenvalue weighted by Crippen LogP contribution is -2.29. The van der Waals surface area contributed by atoms with Gasteiger partial charge in [0, 0.05) is 33.9 Å². The molecule has 5 rings (SSSR count). The molecule has 0 fully saturated rings. The molecular weight excluding hydrogens is 469 g/mol. The highest BCUT2D eigenvalue weighted by molar-refractivity contribution is 6.32. The number of ketones is 1. The van der Waals surface area contributed by atoms with Crippen LogP contribution in [-0.2, 0) is 16.1 Å². The molecule has 0 saturated carbocycles. The topological polar surface area (TPSA) is 64.6 Å². The van der Waals surface area contributed by atoms with E-state index in [9.17, 15) is 14.0 Å². The number of hydrogen-bond donors (Lipinski definition) is 1. The maximum absolute atomic E-state index is 14.0. The van der Waals surface area contributed by atoms with Crippen LogP contribution in [0.3, 0.4) is 0 Å². The number of rotatable bonds is 5. The number of methoxy groups -OCH3 is 1. The third-order valence-corrected chi connectivity index (χ3v) is 6.58. The van der Waals surface area contributed by atoms with Crippen molar-refractivity contribution in [3.05, 3.63) is 117 Å². The first-order valence-electron chi connectivity index (χ1n) is 11.0. The summed E-state index contributed by atoms with van der Waals surface area (Å²) in [5, 5.41) is 3.53. The summed E-state index contributed by atoms with van der Waals surface area (Å²) in [7, 11) is 1.31. The Kier molecular flexibility index (Phi) is 5.91. The Morgan fingerprint density at radius 3 is 2.49 bits per heavy atom. The summed E-state index contributed by atoms with van der Waals surface area (Å²) in [4.78, 5) is 26.3. The molecule has 35 heavy (non-hydrogen) atoms. The number of allylic oxidation sites excluding steroid dienone is 2. The summed E-state index contributed by atoms with van der Waals surface area (Å²) in [5.41, 5.74) is 4.49. The smallest absolute Gasteiger partial charge is 0.336 e. The van der Waals surface area contributed by atoms with Crippen LogP contribution in [0, 0.1) is 5.82 Å². The van der Waals surface area contributed by atoms with E-state index in [4.69, 9.17) is 21.1 Å². The van der Waals surface area contributed by atoms with Crippen molar-refractivity contribution in [2.24, 2.45) is 0 Å². The molecule has 0 spiro atoms. The van der Waals surface area contributed by atoms with E-state index < -0.39 is 11.9 Å². The maximum Gasteiger partial charge on any atom is 0.336 e. The summed E-state index contributed by atoms with van der Waals surface area (Å²) in [6, 6.07) is 18.8. The second-order valence-electron chi connectivity index (χ2n) is 8.32. The highest BCUT2D eigenvalue weighted by Crippen LogP contribution is 2.47. The van der Waals surface area contributed by atoms with E-state index in [0.717, 1.165) is 5.56 Å². The Labute approximate surface area is 206 Å². The number of halogens is 2. The van der Waals surface area contributed by atoms with Gasteiger partial charge < -0.3 is 14.8 Å². The molecule has 3 aromatic carbocycles. The van der Waals surface area contributed by atoms with E-state index in [1.807, 2.05) is 18.2 Å². The van der Waals surface area contributed by atoms with E-state index in [1.54, 1.807) is 49.4 Å². The minimum Gasteiger partial charge on any atom is -0.487 e. The van der Waals surface area contributed by atoms with Gasteiger partial charge in [-0.2, -0.15) is 0 Å². The average Bonchev–Trinajstić information content (AvgIpc) is 3.14. The summed E-state index contributed by atoms with van der Waals surface area (Å²) < 4.78 is 24.8. The zero-order valence-electron chi connectivity index (χ0n) is 19.0. The fourth-order valence-corrected chi connectivity index (χ4v) is 4.87. The second kappa shape index (κ2) is 9.04. The van der Waals surface area contributed by atoms with E-state index in [2.05, 4.69) is 5.32 Å². The Bertz CT molecular complexity index is 1440. The fourth-order valence-electron chi connectivity index (χ4n) is 4.63. The lowest BCUT2D eigenvalue weighted by Gasteiger charge is -2.29. The highest BCUT2D eigenvalue weighted by atomic mass is 35.5. The largest absolute Gasteiger partial charge is 0.487 e. The molecule has 0 saturated heterocycles. The molecule has 176 valence electrons. The molecule has 0 aromatic heterocycles. The molecule has 1 heterocycles. The second-order valence-corrected chi connectivity index (χ2v) is 8.73. The molecule has 1 N–H and O–H groups in total. The maximum atomic E-state index is 14.0. The van der Waals surface area contributed by atoms with Crippen molar-refractivity contribution in [3.63, 3.8) is 0 Å². The number of nitrogens with one attached hydrogen (secondary N) is 1. The van der Waals surface area contributed by atoms with Crippen LogP contribution in [0.1, 0.15) is 39.9 Å². The third kappa shape index (κ3) is 3.90. The number of dihydropyridines is 1. The summed E-state index contributed by atoms with van der Waals surface area (Å²) in [6.07, 6.45) is 0. The Hall–Kier alpha value is -3.90. The highest BCUT2D eigenvalue weighted by Gasteiger charge is 2.42. The number of fused-ring (bicyclic) bond motifs is 2. The lowest BCUT2D eigenvalue weighted by molar-refractivity contribution is -0.136. The van der Waals surface area contributed by atoms with Crippen molar-refractivity contribution >= 4 is 29.1 Å². The first kappa shape index (κ1) is 22.9. The van der Waals surface area contributed by atoms with Gasteiger partial charge in [-0.1, -0.05) is 60.1 Å². The molecule has 5 nitrogen and oxygen atoms in total. The van der Waals surface area contributed by atoms with E-state index in [1.165, 1.54) is 13.2 Å². The molecule has 1 atom stereocenters. The predicted octanol–water partition coefficient (Wildman–Crippen LogP) is 5.80. The monoisotopic (exact) mass is 489 g/mol. The fraction of sp³-hybridized carbons (Fsp3) is 0.143. The summed E-state index contributed by atoms with van der Waals surface area (Å²) in [5.74, 6) is -1.37. The zero-order valence-corrected chi connectivity index (χ0v) is 19.8. The van der Waals surface area contributed by atoms with Crippen LogP contribution in [0.4, 0.5) is 4.39 Å². The van der Waals surface area contributed by atoms with Gasteiger partial charge in [0.25, 0.3) is 0 Å². The van der Waals surface area contributed by atoms with Crippen molar-refractivity contribution in [3.8, 4) is 5.75 Å². The van der Waals surface area contributed by atoms with Crippen LogP contribution in [0.5, 0.6) is 5.75 Å². The first-order chi connectivity index (χ1) is 16.9. The van der Waals surface area contributed by atoms with E-state index in [-0.39, 0.29) is 23.2 Å². The standard InChI is InChI=1S/C28H21ClFNO4/c1-15-23(28(33)34-2)24(25-26(31-15)18-8-4-5-9-19(18)27(25)32)16-11-12-22(20(29)13-16)35-14-17-7-3-6-10-21(17)30/h3-13,24,31H,14H2,1-2H3/t24-/m0/s1. The Balaban J connectivity index is 1.55. The van der Waals surface area contributed by atoms with Crippen molar-refractivity contribution in [1.29, 1.82) is 0 Å². The van der Waals surface area contributed by atoms with Crippen molar-refractivity contribution < 1.29 is 23.5 Å². The number of ether oxygens (including phenoxy) is 2. The summed E-state index contributed by atoms with van der Waals surface area (Å²) >= 11 is 6.55. The quantitative estimate of drug-likeness (QED) is 0.459. The molecule has 1 aliphatic carbocycles. The number of esters is 1. The molecule has 0 amide bonds. The van der Waals surface area contributed by atoms with Gasteiger partial charge in [0.2, 0.25) is 0 Å². The predicted molar refractivity (Wildman–Crippen MR) is 130 cm³/mol. The van der Waals surface area contributed by atoms with Gasteiger partial charge in [0.1, 0.15) is 18.2 Å². The van der Waals surface area contributed by atoms with Gasteiger partial charge in [-0.05, 0) is 30.7 Å². The average molecular weight is 490 g/mol. The third-order valence-electron chi connectivity index (χ3n) is 6.28. The van der Waals surface area contributed by atoms with Crippen LogP contribution < -0.4 is 10.1 Å². The van der Waals surface area contributed by atoms with Crippen molar-refractivity contribution in [2.45, 2.75) is 19.4 Å². The van der Waals surface area contributed by atoms with Gasteiger partial charge >= 0.3 is 5.97 Å². The number of hydrogen-bond acceptors (Lipinski definition) is 5. The first-order valence-corrected chi connectivity index (χ1v) is 11.4. The van der Waals surface area contributed by atoms with Crippen molar-refractivity contribution in [2.75, 3.05) is 7.11 Å². The molecular formula is C28H21ClFNO4. The molecule has 3 aromatic rings. The van der Waals surface area contributed by atoms with Crippen LogP contribution in [0.2, 0.25) is 5.02 Å². The normalized spacial score (nSPS) is 16.6. The molecule has 0 radical (unpaired) electrons. The van der Waals surface area contributed by atoms with Crippen LogP contribution in [0.15, 0.2) is 83.6 Å². The van der Waals surface area contributed by atoms with Crippen LogP contribution in [0.25, 0.3) is 5.70 Å². The van der Waals surface area contributed by atoms with Gasteiger partial charge in [0.05, 0.1) is 23.4 Å². The van der Waals surface area contributed by atoms with Crippen LogP contribution >= 0.6 is 11.6 Å². The van der Waals surface area contributed by atoms with Crippen LogP contribution in [-0.4, -0.2) is 18.9 Å². The van der Waals surface area contributed by atoms with Gasteiger partial charge in [0.15, 0.2) is 5.78 Å².